The molecular formula is C16H13BN4O. The van der Waals surface area contributed by atoms with Gasteiger partial charge in [0.25, 0.3) is 5.89 Å². The molecule has 0 aliphatic heterocycles. The number of aromatic nitrogens is 4. The largest absolute Gasteiger partial charge is 0.332 e. The fourth-order valence-corrected chi connectivity index (χ4v) is 2.39. The van der Waals surface area contributed by atoms with Crippen LogP contribution in [0.5, 0.6) is 0 Å². The fraction of sp³-hybridized carbons (Fsp3) is 0.0625. The van der Waals surface area contributed by atoms with E-state index in [0.717, 1.165) is 22.5 Å². The van der Waals surface area contributed by atoms with E-state index >= 15 is 0 Å². The van der Waals surface area contributed by atoms with Crippen LogP contribution in [0.2, 0.25) is 0 Å². The molecule has 3 aromatic heterocycles. The van der Waals surface area contributed by atoms with Crippen LogP contribution in [0.15, 0.2) is 53.3 Å². The lowest BCUT2D eigenvalue weighted by Crippen LogP contribution is -1.99. The van der Waals surface area contributed by atoms with Crippen LogP contribution in [0.3, 0.4) is 0 Å². The van der Waals surface area contributed by atoms with Gasteiger partial charge in [-0.2, -0.15) is 4.98 Å². The molecule has 4 rings (SSSR count). The average Bonchev–Trinajstić information content (AvgIpc) is 3.14. The van der Waals surface area contributed by atoms with Crippen molar-refractivity contribution in [1.82, 2.24) is 19.5 Å². The van der Waals surface area contributed by atoms with Gasteiger partial charge in [-0.05, 0) is 18.6 Å². The molecule has 0 radical (unpaired) electrons. The number of benzene rings is 1. The highest BCUT2D eigenvalue weighted by molar-refractivity contribution is 6.32. The molecule has 0 atom stereocenters. The number of rotatable bonds is 2. The molecule has 0 aliphatic carbocycles. The first-order chi connectivity index (χ1) is 10.7. The van der Waals surface area contributed by atoms with Crippen LogP contribution in [0.25, 0.3) is 28.6 Å². The van der Waals surface area contributed by atoms with Crippen LogP contribution >= 0.6 is 0 Å². The Morgan fingerprint density at radius 3 is 2.73 bits per heavy atom. The minimum absolute atomic E-state index is 0.466. The molecule has 4 aromatic rings. The predicted octanol–water partition coefficient (Wildman–Crippen LogP) is 1.62. The van der Waals surface area contributed by atoms with E-state index in [-0.39, 0.29) is 0 Å². The molecule has 6 heteroatoms. The van der Waals surface area contributed by atoms with Gasteiger partial charge in [-0.25, -0.2) is 4.98 Å². The van der Waals surface area contributed by atoms with Crippen molar-refractivity contribution in [3.63, 3.8) is 0 Å². The van der Waals surface area contributed by atoms with Crippen LogP contribution in [0.4, 0.5) is 0 Å². The molecule has 0 spiro atoms. The third-order valence-electron chi connectivity index (χ3n) is 3.61. The van der Waals surface area contributed by atoms with Gasteiger partial charge in [0.15, 0.2) is 0 Å². The Labute approximate surface area is 128 Å². The van der Waals surface area contributed by atoms with Crippen molar-refractivity contribution < 1.29 is 4.52 Å². The average molecular weight is 288 g/mol. The van der Waals surface area contributed by atoms with Crippen molar-refractivity contribution in [3.8, 4) is 23.0 Å². The zero-order valence-electron chi connectivity index (χ0n) is 12.3. The van der Waals surface area contributed by atoms with Crippen molar-refractivity contribution >= 4 is 19.0 Å². The van der Waals surface area contributed by atoms with Gasteiger partial charge in [0.2, 0.25) is 5.82 Å². The van der Waals surface area contributed by atoms with Crippen LogP contribution in [0.1, 0.15) is 5.56 Å². The summed E-state index contributed by atoms with van der Waals surface area (Å²) in [5.74, 6) is 1.05. The zero-order chi connectivity index (χ0) is 15.1. The van der Waals surface area contributed by atoms with Gasteiger partial charge in [0.1, 0.15) is 19.2 Å². The highest BCUT2D eigenvalue weighted by Gasteiger charge is 2.14. The lowest BCUT2D eigenvalue weighted by Gasteiger charge is -1.98. The Hall–Kier alpha value is -2.89. The van der Waals surface area contributed by atoms with Crippen molar-refractivity contribution in [2.45, 2.75) is 6.92 Å². The molecule has 3 heterocycles. The van der Waals surface area contributed by atoms with E-state index in [2.05, 4.69) is 15.1 Å². The summed E-state index contributed by atoms with van der Waals surface area (Å²) in [5, 5.41) is 4.07. The number of pyridine rings is 1. The maximum Gasteiger partial charge on any atom is 0.276 e. The molecule has 0 N–H and O–H groups in total. The summed E-state index contributed by atoms with van der Waals surface area (Å²) in [6.45, 7) is 2.04. The molecule has 5 nitrogen and oxygen atoms in total. The second kappa shape index (κ2) is 4.84. The Bertz CT molecular complexity index is 956. The van der Waals surface area contributed by atoms with E-state index in [1.54, 1.807) is 6.20 Å². The lowest BCUT2D eigenvalue weighted by atomic mass is 9.95. The van der Waals surface area contributed by atoms with E-state index in [1.165, 1.54) is 5.46 Å². The summed E-state index contributed by atoms with van der Waals surface area (Å²) in [4.78, 5) is 8.86. The first kappa shape index (κ1) is 12.8. The van der Waals surface area contributed by atoms with Gasteiger partial charge in [0.05, 0.1) is 6.20 Å². The van der Waals surface area contributed by atoms with Crippen molar-refractivity contribution in [3.05, 3.63) is 54.4 Å². The molecular weight excluding hydrogens is 275 g/mol. The Balaban J connectivity index is 1.80. The molecule has 1 aromatic carbocycles. The van der Waals surface area contributed by atoms with Crippen molar-refractivity contribution in [2.75, 3.05) is 0 Å². The maximum absolute atomic E-state index is 5.42. The van der Waals surface area contributed by atoms with E-state index < -0.39 is 0 Å². The second-order valence-electron chi connectivity index (χ2n) is 5.37. The smallest absolute Gasteiger partial charge is 0.276 e. The third-order valence-corrected chi connectivity index (χ3v) is 3.61. The van der Waals surface area contributed by atoms with Gasteiger partial charge in [-0.1, -0.05) is 41.0 Å². The normalized spacial score (nSPS) is 11.1. The van der Waals surface area contributed by atoms with E-state index in [0.29, 0.717) is 11.7 Å². The number of hydrogen-bond acceptors (Lipinski definition) is 4. The number of nitrogens with zero attached hydrogens (tertiary/aromatic N) is 4. The van der Waals surface area contributed by atoms with E-state index in [4.69, 9.17) is 4.52 Å². The summed E-state index contributed by atoms with van der Waals surface area (Å²) in [6.07, 6.45) is 3.76. The van der Waals surface area contributed by atoms with Gasteiger partial charge in [0, 0.05) is 11.8 Å². The first-order valence-electron chi connectivity index (χ1n) is 7.05. The second-order valence-corrected chi connectivity index (χ2v) is 5.37. The minimum atomic E-state index is 0.466. The molecule has 22 heavy (non-hydrogen) atoms. The van der Waals surface area contributed by atoms with E-state index in [9.17, 15) is 0 Å². The summed E-state index contributed by atoms with van der Waals surface area (Å²) >= 11 is 0. The molecule has 0 saturated heterocycles. The van der Waals surface area contributed by atoms with Crippen LogP contribution in [-0.2, 0) is 0 Å². The van der Waals surface area contributed by atoms with Crippen LogP contribution < -0.4 is 5.46 Å². The van der Waals surface area contributed by atoms with E-state index in [1.807, 2.05) is 61.8 Å². The highest BCUT2D eigenvalue weighted by Crippen LogP contribution is 2.23. The molecule has 0 bridgehead atoms. The molecule has 0 fully saturated rings. The molecule has 106 valence electrons. The summed E-state index contributed by atoms with van der Waals surface area (Å²) in [7, 11) is 2.05. The summed E-state index contributed by atoms with van der Waals surface area (Å²) < 4.78 is 7.38. The number of aryl methyl sites for hydroxylation is 1. The zero-order valence-corrected chi connectivity index (χ0v) is 12.3. The van der Waals surface area contributed by atoms with Gasteiger partial charge in [-0.3, -0.25) is 4.40 Å². The SMILES string of the molecule is Bc1ccc(-c2noc(-c3cnc4ccc(C)cn34)n2)cc1. The lowest BCUT2D eigenvalue weighted by molar-refractivity contribution is 0.430. The van der Waals surface area contributed by atoms with Gasteiger partial charge in [-0.15, -0.1) is 0 Å². The summed E-state index contributed by atoms with van der Waals surface area (Å²) in [6, 6.07) is 12.0. The number of imidazole rings is 1. The van der Waals surface area contributed by atoms with Crippen molar-refractivity contribution in [1.29, 1.82) is 0 Å². The molecule has 0 amide bonds. The fourth-order valence-electron chi connectivity index (χ4n) is 2.39. The van der Waals surface area contributed by atoms with Crippen LogP contribution in [-0.4, -0.2) is 27.4 Å². The quantitative estimate of drug-likeness (QED) is 0.526. The minimum Gasteiger partial charge on any atom is -0.332 e. The Kier molecular flexibility index (Phi) is 2.82. The molecule has 0 aliphatic rings. The monoisotopic (exact) mass is 288 g/mol. The third kappa shape index (κ3) is 2.09. The molecule has 0 unspecified atom stereocenters. The van der Waals surface area contributed by atoms with Gasteiger partial charge < -0.3 is 4.52 Å². The predicted molar refractivity (Wildman–Crippen MR) is 86.8 cm³/mol. The van der Waals surface area contributed by atoms with Crippen molar-refractivity contribution in [2.24, 2.45) is 0 Å². The number of hydrogen-bond donors (Lipinski definition) is 0. The Morgan fingerprint density at radius 2 is 1.91 bits per heavy atom. The highest BCUT2D eigenvalue weighted by atomic mass is 16.5. The molecule has 0 saturated carbocycles. The standard InChI is InChI=1S/C16H13BN4O/c1-10-2-7-14-18-8-13(21(14)9-10)16-19-15(20-22-16)11-3-5-12(17)6-4-11/h2-9H,17H2,1H3. The summed E-state index contributed by atoms with van der Waals surface area (Å²) in [5.41, 5.74) is 4.93. The Morgan fingerprint density at radius 1 is 1.09 bits per heavy atom. The maximum atomic E-state index is 5.42. The topological polar surface area (TPSA) is 56.2 Å². The van der Waals surface area contributed by atoms with Gasteiger partial charge >= 0.3 is 0 Å². The first-order valence-corrected chi connectivity index (χ1v) is 7.05. The number of fused-ring (bicyclic) bond motifs is 1. The van der Waals surface area contributed by atoms with Crippen LogP contribution in [0, 0.1) is 6.92 Å².